The molecule has 0 saturated heterocycles. The first-order valence-electron chi connectivity index (χ1n) is 10.8. The van der Waals surface area contributed by atoms with Crippen LogP contribution in [0.2, 0.25) is 0 Å². The lowest BCUT2D eigenvalue weighted by Crippen LogP contribution is -2.46. The van der Waals surface area contributed by atoms with Crippen molar-refractivity contribution < 1.29 is 24.2 Å². The summed E-state index contributed by atoms with van der Waals surface area (Å²) in [6, 6.07) is 11.7. The first-order chi connectivity index (χ1) is 15.5. The molecule has 2 N–H and O–H groups in total. The minimum Gasteiger partial charge on any atom is -0.467 e. The van der Waals surface area contributed by atoms with E-state index in [9.17, 15) is 14.4 Å². The highest BCUT2D eigenvalue weighted by Gasteiger charge is 2.43. The van der Waals surface area contributed by atoms with Gasteiger partial charge in [-0.3, -0.25) is 14.5 Å². The molecule has 3 aromatic rings. The molecule has 1 atom stereocenters. The molecule has 1 aliphatic heterocycles. The maximum absolute atomic E-state index is 13.0. The molecule has 0 radical (unpaired) electrons. The summed E-state index contributed by atoms with van der Waals surface area (Å²) in [5.41, 5.74) is 3.52. The first kappa shape index (κ1) is 21.8. The normalized spacial score (nSPS) is 14.1. The van der Waals surface area contributed by atoms with E-state index in [-0.39, 0.29) is 13.0 Å². The van der Waals surface area contributed by atoms with Gasteiger partial charge in [0, 0.05) is 30.1 Å². The molecule has 0 unspecified atom stereocenters. The number of fused-ring (bicyclic) bond motifs is 2. The largest absolute Gasteiger partial charge is 0.467 e. The number of aliphatic hydroxyl groups excluding tert-OH is 1. The number of benzene rings is 2. The summed E-state index contributed by atoms with van der Waals surface area (Å²) < 4.78 is 4.97. The van der Waals surface area contributed by atoms with E-state index in [4.69, 9.17) is 9.84 Å². The maximum Gasteiger partial charge on any atom is 0.329 e. The van der Waals surface area contributed by atoms with Crippen molar-refractivity contribution in [3.8, 4) is 0 Å². The SMILES string of the molecule is COC(=O)[C@H](Cc1c[nH]c2ccc(CCCCCO)cc12)N1C(=O)c2ccccc2C1=O. The summed E-state index contributed by atoms with van der Waals surface area (Å²) >= 11 is 0. The Morgan fingerprint density at radius 3 is 2.44 bits per heavy atom. The lowest BCUT2D eigenvalue weighted by atomic mass is 10.00. The zero-order valence-corrected chi connectivity index (χ0v) is 18.0. The monoisotopic (exact) mass is 434 g/mol. The Labute approximate surface area is 186 Å². The molecule has 0 spiro atoms. The number of aryl methyl sites for hydroxylation is 1. The van der Waals surface area contributed by atoms with E-state index in [0.717, 1.165) is 52.6 Å². The number of unbranched alkanes of at least 4 members (excludes halogenated alkanes) is 2. The number of H-pyrrole nitrogens is 1. The van der Waals surface area contributed by atoms with Gasteiger partial charge < -0.3 is 14.8 Å². The minimum absolute atomic E-state index is 0.159. The number of nitrogens with one attached hydrogen (secondary N) is 1. The number of amides is 2. The van der Waals surface area contributed by atoms with Gasteiger partial charge >= 0.3 is 5.97 Å². The molecule has 7 nitrogen and oxygen atoms in total. The second-order valence-electron chi connectivity index (χ2n) is 8.00. The Bertz CT molecular complexity index is 1130. The Balaban J connectivity index is 1.62. The van der Waals surface area contributed by atoms with Crippen LogP contribution in [-0.4, -0.2) is 52.5 Å². The predicted molar refractivity (Wildman–Crippen MR) is 119 cm³/mol. The van der Waals surface area contributed by atoms with E-state index in [1.54, 1.807) is 24.3 Å². The molecular weight excluding hydrogens is 408 g/mol. The van der Waals surface area contributed by atoms with Crippen LogP contribution in [0.3, 0.4) is 0 Å². The van der Waals surface area contributed by atoms with E-state index in [2.05, 4.69) is 17.1 Å². The summed E-state index contributed by atoms with van der Waals surface area (Å²) in [7, 11) is 1.26. The molecule has 32 heavy (non-hydrogen) atoms. The number of aliphatic hydroxyl groups is 1. The molecule has 1 aromatic heterocycles. The molecule has 2 amide bonds. The van der Waals surface area contributed by atoms with Crippen molar-refractivity contribution in [3.63, 3.8) is 0 Å². The predicted octanol–water partition coefficient (Wildman–Crippen LogP) is 3.25. The highest BCUT2D eigenvalue weighted by molar-refractivity contribution is 6.22. The van der Waals surface area contributed by atoms with Crippen LogP contribution in [0, 0.1) is 0 Å². The Kier molecular flexibility index (Phi) is 6.37. The van der Waals surface area contributed by atoms with Crippen molar-refractivity contribution in [1.82, 2.24) is 9.88 Å². The smallest absolute Gasteiger partial charge is 0.329 e. The fourth-order valence-corrected chi connectivity index (χ4v) is 4.28. The van der Waals surface area contributed by atoms with Gasteiger partial charge in [0.2, 0.25) is 0 Å². The second kappa shape index (κ2) is 9.36. The number of carbonyl (C=O) groups is 3. The van der Waals surface area contributed by atoms with Crippen molar-refractivity contribution in [1.29, 1.82) is 0 Å². The number of ether oxygens (including phenoxy) is 1. The number of hydrogen-bond acceptors (Lipinski definition) is 5. The molecular formula is C25H26N2O5. The maximum atomic E-state index is 13.0. The van der Waals surface area contributed by atoms with Crippen LogP contribution in [0.15, 0.2) is 48.7 Å². The second-order valence-corrected chi connectivity index (χ2v) is 8.00. The van der Waals surface area contributed by atoms with Crippen LogP contribution in [0.5, 0.6) is 0 Å². The van der Waals surface area contributed by atoms with Gasteiger partial charge in [-0.2, -0.15) is 0 Å². The summed E-state index contributed by atoms with van der Waals surface area (Å²) in [6.07, 6.45) is 5.59. The average Bonchev–Trinajstić information content (AvgIpc) is 3.33. The summed E-state index contributed by atoms with van der Waals surface area (Å²) in [4.78, 5) is 42.8. The third-order valence-electron chi connectivity index (χ3n) is 5.98. The van der Waals surface area contributed by atoms with Crippen molar-refractivity contribution in [3.05, 3.63) is 70.9 Å². The van der Waals surface area contributed by atoms with Gasteiger partial charge in [0.25, 0.3) is 11.8 Å². The Morgan fingerprint density at radius 1 is 1.06 bits per heavy atom. The molecule has 2 heterocycles. The average molecular weight is 434 g/mol. The van der Waals surface area contributed by atoms with Crippen molar-refractivity contribution in [2.75, 3.05) is 13.7 Å². The van der Waals surface area contributed by atoms with Gasteiger partial charge in [0.05, 0.1) is 18.2 Å². The molecule has 1 aliphatic rings. The number of hydrogen-bond donors (Lipinski definition) is 2. The van der Waals surface area contributed by atoms with Crippen LogP contribution in [0.25, 0.3) is 10.9 Å². The van der Waals surface area contributed by atoms with Gasteiger partial charge in [0.15, 0.2) is 0 Å². The molecule has 0 fully saturated rings. The third kappa shape index (κ3) is 4.03. The molecule has 4 rings (SSSR count). The summed E-state index contributed by atoms with van der Waals surface area (Å²) in [6.45, 7) is 0.202. The van der Waals surface area contributed by atoms with E-state index in [0.29, 0.717) is 11.1 Å². The highest BCUT2D eigenvalue weighted by Crippen LogP contribution is 2.29. The number of rotatable bonds is 9. The van der Waals surface area contributed by atoms with E-state index >= 15 is 0 Å². The quantitative estimate of drug-likeness (QED) is 0.306. The van der Waals surface area contributed by atoms with E-state index in [1.165, 1.54) is 7.11 Å². The summed E-state index contributed by atoms with van der Waals surface area (Å²) in [5.74, 6) is -1.59. The molecule has 166 valence electrons. The van der Waals surface area contributed by atoms with Gasteiger partial charge in [-0.15, -0.1) is 0 Å². The standard InChI is InChI=1S/C25H26N2O5/c1-32-25(31)22(27-23(29)18-8-4-5-9-19(18)24(27)30)14-17-15-26-21-11-10-16(13-20(17)21)7-3-2-6-12-28/h4-5,8-11,13,15,22,26,28H,2-3,6-7,12,14H2,1H3/t22-/m0/s1. The topological polar surface area (TPSA) is 99.7 Å². The number of carbonyl (C=O) groups excluding carboxylic acids is 3. The van der Waals surface area contributed by atoms with Crippen LogP contribution in [0.4, 0.5) is 0 Å². The van der Waals surface area contributed by atoms with E-state index in [1.807, 2.05) is 12.3 Å². The number of aromatic nitrogens is 1. The Morgan fingerprint density at radius 2 is 1.78 bits per heavy atom. The van der Waals surface area contributed by atoms with Crippen molar-refractivity contribution in [2.24, 2.45) is 0 Å². The van der Waals surface area contributed by atoms with Gasteiger partial charge in [-0.1, -0.05) is 24.6 Å². The lowest BCUT2D eigenvalue weighted by Gasteiger charge is -2.23. The number of aromatic amines is 1. The van der Waals surface area contributed by atoms with Crippen LogP contribution >= 0.6 is 0 Å². The summed E-state index contributed by atoms with van der Waals surface area (Å²) in [5, 5.41) is 9.91. The van der Waals surface area contributed by atoms with Gasteiger partial charge in [-0.05, 0) is 54.7 Å². The van der Waals surface area contributed by atoms with Crippen molar-refractivity contribution >= 4 is 28.7 Å². The molecule has 0 aliphatic carbocycles. The van der Waals surface area contributed by atoms with Gasteiger partial charge in [0.1, 0.15) is 6.04 Å². The van der Waals surface area contributed by atoms with Crippen molar-refractivity contribution in [2.45, 2.75) is 38.1 Å². The number of methoxy groups -OCH3 is 1. The Hall–Kier alpha value is -3.45. The van der Waals surface area contributed by atoms with E-state index < -0.39 is 23.8 Å². The van der Waals surface area contributed by atoms with Crippen LogP contribution in [-0.2, 0) is 22.4 Å². The first-order valence-corrected chi connectivity index (χ1v) is 10.8. The lowest BCUT2D eigenvalue weighted by molar-refractivity contribution is -0.145. The van der Waals surface area contributed by atoms with Crippen LogP contribution < -0.4 is 0 Å². The number of imide groups is 1. The fourth-order valence-electron chi connectivity index (χ4n) is 4.28. The number of esters is 1. The highest BCUT2D eigenvalue weighted by atomic mass is 16.5. The third-order valence-corrected chi connectivity index (χ3v) is 5.98. The zero-order chi connectivity index (χ0) is 22.7. The minimum atomic E-state index is -1.06. The molecule has 2 aromatic carbocycles. The van der Waals surface area contributed by atoms with Crippen LogP contribution in [0.1, 0.15) is 51.1 Å². The molecule has 7 heteroatoms. The number of nitrogens with zero attached hydrogens (tertiary/aromatic N) is 1. The zero-order valence-electron chi connectivity index (χ0n) is 18.0. The van der Waals surface area contributed by atoms with Gasteiger partial charge in [-0.25, -0.2) is 4.79 Å². The molecule has 0 bridgehead atoms. The fraction of sp³-hybridized carbons (Fsp3) is 0.320. The molecule has 0 saturated carbocycles.